The fraction of sp³-hybridized carbons (Fsp3) is 0.600. The quantitative estimate of drug-likeness (QED) is 0.837. The summed E-state index contributed by atoms with van der Waals surface area (Å²) in [6.07, 6.45) is 3.66. The highest BCUT2D eigenvalue weighted by atomic mass is 14.9. The van der Waals surface area contributed by atoms with Crippen molar-refractivity contribution in [3.8, 4) is 0 Å². The molecule has 1 saturated heterocycles. The Morgan fingerprint density at radius 1 is 1.35 bits per heavy atom. The largest absolute Gasteiger partial charge is 0.330 e. The van der Waals surface area contributed by atoms with E-state index in [4.69, 9.17) is 5.73 Å². The van der Waals surface area contributed by atoms with Gasteiger partial charge in [0, 0.05) is 0 Å². The Labute approximate surface area is 105 Å². The maximum Gasteiger partial charge on any atom is -0.000834 e. The summed E-state index contributed by atoms with van der Waals surface area (Å²) in [6.45, 7) is 5.28. The molecule has 0 radical (unpaired) electrons. The molecule has 0 aromatic heterocycles. The van der Waals surface area contributed by atoms with E-state index in [1.54, 1.807) is 0 Å². The van der Waals surface area contributed by atoms with Gasteiger partial charge in [0.1, 0.15) is 0 Å². The molecule has 94 valence electrons. The Bertz CT molecular complexity index is 339. The third-order valence-electron chi connectivity index (χ3n) is 3.97. The maximum absolute atomic E-state index is 5.83. The van der Waals surface area contributed by atoms with Crippen molar-refractivity contribution in [3.63, 3.8) is 0 Å². The molecule has 1 unspecified atom stereocenters. The number of nitrogens with one attached hydrogen (secondary N) is 1. The zero-order valence-electron chi connectivity index (χ0n) is 10.8. The molecule has 2 nitrogen and oxygen atoms in total. The molecule has 17 heavy (non-hydrogen) atoms. The number of benzene rings is 1. The van der Waals surface area contributed by atoms with Gasteiger partial charge in [0.25, 0.3) is 0 Å². The van der Waals surface area contributed by atoms with E-state index in [9.17, 15) is 0 Å². The lowest BCUT2D eigenvalue weighted by Gasteiger charge is -2.24. The predicted octanol–water partition coefficient (Wildman–Crippen LogP) is 2.61. The number of rotatable bonds is 4. The second-order valence-corrected chi connectivity index (χ2v) is 5.04. The first kappa shape index (κ1) is 12.6. The first-order valence-corrected chi connectivity index (χ1v) is 6.85. The van der Waals surface area contributed by atoms with Crippen molar-refractivity contribution < 1.29 is 0 Å². The number of hydrogen-bond donors (Lipinski definition) is 2. The van der Waals surface area contributed by atoms with E-state index < -0.39 is 0 Å². The molecule has 0 saturated carbocycles. The van der Waals surface area contributed by atoms with Crippen LogP contribution in [0.15, 0.2) is 24.3 Å². The Kier molecular flexibility index (Phi) is 4.57. The van der Waals surface area contributed by atoms with Crippen LogP contribution in [0.1, 0.15) is 49.1 Å². The molecule has 0 spiro atoms. The normalized spacial score (nSPS) is 19.2. The van der Waals surface area contributed by atoms with Gasteiger partial charge in [-0.25, -0.2) is 0 Å². The van der Waals surface area contributed by atoms with Gasteiger partial charge in [-0.2, -0.15) is 0 Å². The molecule has 1 atom stereocenters. The van der Waals surface area contributed by atoms with Crippen LogP contribution in [-0.4, -0.2) is 19.6 Å². The van der Waals surface area contributed by atoms with Gasteiger partial charge < -0.3 is 11.1 Å². The monoisotopic (exact) mass is 232 g/mol. The van der Waals surface area contributed by atoms with Gasteiger partial charge in [0.05, 0.1) is 0 Å². The summed E-state index contributed by atoms with van der Waals surface area (Å²) in [5, 5.41) is 3.42. The fourth-order valence-corrected chi connectivity index (χ4v) is 2.76. The van der Waals surface area contributed by atoms with Crippen molar-refractivity contribution >= 4 is 0 Å². The summed E-state index contributed by atoms with van der Waals surface area (Å²) in [4.78, 5) is 0. The van der Waals surface area contributed by atoms with Crippen molar-refractivity contribution in [2.24, 2.45) is 5.73 Å². The third kappa shape index (κ3) is 3.08. The summed E-state index contributed by atoms with van der Waals surface area (Å²) in [7, 11) is 0. The SMILES string of the molecule is CCC(CN)c1cccc(C2CCNCC2)c1. The smallest absolute Gasteiger partial charge is 0.000834 e. The van der Waals surface area contributed by atoms with Crippen LogP contribution >= 0.6 is 0 Å². The molecule has 1 fully saturated rings. The van der Waals surface area contributed by atoms with E-state index in [0.29, 0.717) is 5.92 Å². The van der Waals surface area contributed by atoms with Crippen molar-refractivity contribution in [2.75, 3.05) is 19.6 Å². The molecule has 0 bridgehead atoms. The van der Waals surface area contributed by atoms with Gasteiger partial charge in [-0.05, 0) is 61.9 Å². The third-order valence-corrected chi connectivity index (χ3v) is 3.97. The summed E-state index contributed by atoms with van der Waals surface area (Å²) in [5.74, 6) is 1.27. The minimum atomic E-state index is 0.525. The Hall–Kier alpha value is -0.860. The molecule has 0 aliphatic carbocycles. The molecule has 1 heterocycles. The Morgan fingerprint density at radius 3 is 2.76 bits per heavy atom. The second kappa shape index (κ2) is 6.18. The average molecular weight is 232 g/mol. The van der Waals surface area contributed by atoms with Crippen LogP contribution in [0.2, 0.25) is 0 Å². The second-order valence-electron chi connectivity index (χ2n) is 5.04. The van der Waals surface area contributed by atoms with E-state index in [1.165, 1.54) is 24.0 Å². The van der Waals surface area contributed by atoms with Crippen LogP contribution in [0.5, 0.6) is 0 Å². The maximum atomic E-state index is 5.83. The topological polar surface area (TPSA) is 38.0 Å². The zero-order valence-corrected chi connectivity index (χ0v) is 10.8. The van der Waals surface area contributed by atoms with Gasteiger partial charge in [-0.3, -0.25) is 0 Å². The minimum Gasteiger partial charge on any atom is -0.330 e. The van der Waals surface area contributed by atoms with Crippen LogP contribution in [-0.2, 0) is 0 Å². The Balaban J connectivity index is 2.15. The van der Waals surface area contributed by atoms with Gasteiger partial charge >= 0.3 is 0 Å². The lowest BCUT2D eigenvalue weighted by atomic mass is 9.87. The predicted molar refractivity (Wildman–Crippen MR) is 73.4 cm³/mol. The standard InChI is InChI=1S/C15H24N2/c1-2-12(11-16)14-4-3-5-15(10-14)13-6-8-17-9-7-13/h3-5,10,12-13,17H,2,6-9,11,16H2,1H3. The average Bonchev–Trinajstić information content (AvgIpc) is 2.42. The summed E-state index contributed by atoms with van der Waals surface area (Å²) >= 11 is 0. The van der Waals surface area contributed by atoms with Crippen molar-refractivity contribution in [1.29, 1.82) is 0 Å². The lowest BCUT2D eigenvalue weighted by Crippen LogP contribution is -2.26. The summed E-state index contributed by atoms with van der Waals surface area (Å²) in [5.41, 5.74) is 8.77. The van der Waals surface area contributed by atoms with Crippen molar-refractivity contribution in [3.05, 3.63) is 35.4 Å². The van der Waals surface area contributed by atoms with Gasteiger partial charge in [-0.15, -0.1) is 0 Å². The molecular weight excluding hydrogens is 208 g/mol. The highest BCUT2D eigenvalue weighted by molar-refractivity contribution is 5.29. The molecule has 1 aliphatic heterocycles. The van der Waals surface area contributed by atoms with Crippen LogP contribution in [0.4, 0.5) is 0 Å². The first-order chi connectivity index (χ1) is 8.35. The fourth-order valence-electron chi connectivity index (χ4n) is 2.76. The van der Waals surface area contributed by atoms with Crippen molar-refractivity contribution in [2.45, 2.75) is 38.0 Å². The highest BCUT2D eigenvalue weighted by Crippen LogP contribution is 2.28. The number of hydrogen-bond acceptors (Lipinski definition) is 2. The molecule has 1 aliphatic rings. The molecule has 1 aromatic rings. The molecule has 2 rings (SSSR count). The number of nitrogens with two attached hydrogens (primary N) is 1. The molecule has 0 amide bonds. The van der Waals surface area contributed by atoms with E-state index >= 15 is 0 Å². The summed E-state index contributed by atoms with van der Waals surface area (Å²) < 4.78 is 0. The lowest BCUT2D eigenvalue weighted by molar-refractivity contribution is 0.460. The van der Waals surface area contributed by atoms with Crippen LogP contribution in [0.3, 0.4) is 0 Å². The van der Waals surface area contributed by atoms with E-state index in [0.717, 1.165) is 32.0 Å². The summed E-state index contributed by atoms with van der Waals surface area (Å²) in [6, 6.07) is 9.09. The van der Waals surface area contributed by atoms with E-state index in [2.05, 4.69) is 36.5 Å². The number of piperidine rings is 1. The van der Waals surface area contributed by atoms with E-state index in [-0.39, 0.29) is 0 Å². The van der Waals surface area contributed by atoms with Gasteiger partial charge in [-0.1, -0.05) is 31.2 Å². The van der Waals surface area contributed by atoms with Gasteiger partial charge in [0.2, 0.25) is 0 Å². The first-order valence-electron chi connectivity index (χ1n) is 6.85. The van der Waals surface area contributed by atoms with Crippen LogP contribution < -0.4 is 11.1 Å². The molecule has 2 heteroatoms. The van der Waals surface area contributed by atoms with Gasteiger partial charge in [0.15, 0.2) is 0 Å². The molecule has 1 aromatic carbocycles. The highest BCUT2D eigenvalue weighted by Gasteiger charge is 2.16. The minimum absolute atomic E-state index is 0.525. The Morgan fingerprint density at radius 2 is 2.12 bits per heavy atom. The van der Waals surface area contributed by atoms with Crippen LogP contribution in [0, 0.1) is 0 Å². The molecule has 3 N–H and O–H groups in total. The van der Waals surface area contributed by atoms with E-state index in [1.807, 2.05) is 0 Å². The van der Waals surface area contributed by atoms with Crippen LogP contribution in [0.25, 0.3) is 0 Å². The van der Waals surface area contributed by atoms with Crippen molar-refractivity contribution in [1.82, 2.24) is 5.32 Å². The molecular formula is C15H24N2. The zero-order chi connectivity index (χ0) is 12.1.